The summed E-state index contributed by atoms with van der Waals surface area (Å²) in [6.07, 6.45) is 3.07. The normalized spacial score (nSPS) is 13.7. The lowest BCUT2D eigenvalue weighted by atomic mass is 10.2. The Morgan fingerprint density at radius 1 is 1.12 bits per heavy atom. The zero-order valence-electron chi connectivity index (χ0n) is 19.3. The van der Waals surface area contributed by atoms with Gasteiger partial charge in [-0.25, -0.2) is 0 Å². The number of hydrogen-bond donors (Lipinski definition) is 1. The zero-order chi connectivity index (χ0) is 24.1. The molecule has 8 heteroatoms. The number of ether oxygens (including phenoxy) is 1. The van der Waals surface area contributed by atoms with Crippen molar-refractivity contribution in [2.75, 3.05) is 29.9 Å². The summed E-state index contributed by atoms with van der Waals surface area (Å²) in [5.74, 6) is 0.221. The second kappa shape index (κ2) is 11.1. The van der Waals surface area contributed by atoms with Gasteiger partial charge in [-0.15, -0.1) is 0 Å². The molecule has 0 atom stereocenters. The Morgan fingerprint density at radius 3 is 2.52 bits per heavy atom. The fraction of sp³-hybridized carbons (Fsp3) is 0.360. The van der Waals surface area contributed by atoms with E-state index in [1.807, 2.05) is 0 Å². The van der Waals surface area contributed by atoms with Crippen LogP contribution in [0.3, 0.4) is 0 Å². The van der Waals surface area contributed by atoms with Crippen molar-refractivity contribution < 1.29 is 14.3 Å². The SMILES string of the molecule is CC(C)N(CCN1C(=O)COc2ccc(NC(=O)/C=C/c3ccc(Cl)c(Cl)c3)cc21)C(C)C. The lowest BCUT2D eigenvalue weighted by Gasteiger charge is -2.35. The van der Waals surface area contributed by atoms with E-state index in [0.717, 1.165) is 12.1 Å². The lowest BCUT2D eigenvalue weighted by molar-refractivity contribution is -0.121. The Kier molecular flexibility index (Phi) is 8.40. The van der Waals surface area contributed by atoms with Crippen LogP contribution in [0.5, 0.6) is 5.75 Å². The molecule has 2 aromatic carbocycles. The zero-order valence-corrected chi connectivity index (χ0v) is 20.8. The summed E-state index contributed by atoms with van der Waals surface area (Å²) in [6, 6.07) is 11.2. The molecule has 3 rings (SSSR count). The van der Waals surface area contributed by atoms with Gasteiger partial charge in [-0.05, 0) is 69.7 Å². The van der Waals surface area contributed by atoms with Crippen LogP contribution in [-0.4, -0.2) is 48.5 Å². The van der Waals surface area contributed by atoms with Crippen molar-refractivity contribution in [1.82, 2.24) is 4.90 Å². The van der Waals surface area contributed by atoms with Gasteiger partial charge in [0.05, 0.1) is 15.7 Å². The molecule has 0 unspecified atom stereocenters. The standard InChI is InChI=1S/C25H29Cl2N3O3/c1-16(2)29(17(3)4)11-12-30-22-14-19(7-9-23(22)33-15-25(30)32)28-24(31)10-6-18-5-8-20(26)21(27)13-18/h5-10,13-14,16-17H,11-12,15H2,1-4H3,(H,28,31)/b10-6+. The Hall–Kier alpha value is -2.54. The van der Waals surface area contributed by atoms with Gasteiger partial charge in [-0.1, -0.05) is 29.3 Å². The fourth-order valence-corrected chi connectivity index (χ4v) is 4.13. The quantitative estimate of drug-likeness (QED) is 0.498. The van der Waals surface area contributed by atoms with Crippen LogP contribution in [0.15, 0.2) is 42.5 Å². The van der Waals surface area contributed by atoms with Gasteiger partial charge in [0.1, 0.15) is 5.75 Å². The average molecular weight is 490 g/mol. The third kappa shape index (κ3) is 6.50. The van der Waals surface area contributed by atoms with E-state index in [2.05, 4.69) is 37.9 Å². The van der Waals surface area contributed by atoms with Crippen LogP contribution < -0.4 is 15.0 Å². The highest BCUT2D eigenvalue weighted by Crippen LogP contribution is 2.34. The molecule has 0 aromatic heterocycles. The molecule has 2 amide bonds. The molecule has 0 bridgehead atoms. The monoisotopic (exact) mass is 489 g/mol. The maximum absolute atomic E-state index is 12.6. The first-order valence-electron chi connectivity index (χ1n) is 10.9. The third-order valence-electron chi connectivity index (χ3n) is 5.45. The molecule has 1 heterocycles. The number of carbonyl (C=O) groups is 2. The van der Waals surface area contributed by atoms with E-state index in [0.29, 0.717) is 45.8 Å². The van der Waals surface area contributed by atoms with E-state index in [1.165, 1.54) is 6.08 Å². The number of rotatable bonds is 8. The Labute approximate surface area is 205 Å². The molecule has 1 aliphatic heterocycles. The Morgan fingerprint density at radius 2 is 1.85 bits per heavy atom. The second-order valence-corrected chi connectivity index (χ2v) is 9.25. The van der Waals surface area contributed by atoms with Crippen molar-refractivity contribution in [2.45, 2.75) is 39.8 Å². The molecule has 0 aliphatic carbocycles. The maximum atomic E-state index is 12.6. The number of benzene rings is 2. The van der Waals surface area contributed by atoms with Crippen molar-refractivity contribution in [1.29, 1.82) is 0 Å². The molecule has 176 valence electrons. The average Bonchev–Trinajstić information content (AvgIpc) is 2.75. The first-order valence-corrected chi connectivity index (χ1v) is 11.7. The van der Waals surface area contributed by atoms with Crippen LogP contribution >= 0.6 is 23.2 Å². The predicted octanol–water partition coefficient (Wildman–Crippen LogP) is 5.49. The molecule has 0 spiro atoms. The van der Waals surface area contributed by atoms with E-state index in [1.54, 1.807) is 47.4 Å². The van der Waals surface area contributed by atoms with Crippen LogP contribution in [0.1, 0.15) is 33.3 Å². The molecule has 0 saturated carbocycles. The van der Waals surface area contributed by atoms with E-state index in [9.17, 15) is 9.59 Å². The van der Waals surface area contributed by atoms with Crippen molar-refractivity contribution >= 4 is 52.5 Å². The number of halogens is 2. The van der Waals surface area contributed by atoms with Gasteiger partial charge >= 0.3 is 0 Å². The largest absolute Gasteiger partial charge is 0.482 e. The minimum Gasteiger partial charge on any atom is -0.482 e. The molecular formula is C25H29Cl2N3O3. The smallest absolute Gasteiger partial charge is 0.265 e. The van der Waals surface area contributed by atoms with E-state index >= 15 is 0 Å². The second-order valence-electron chi connectivity index (χ2n) is 8.44. The number of fused-ring (bicyclic) bond motifs is 1. The minimum absolute atomic E-state index is 0.00839. The van der Waals surface area contributed by atoms with Gasteiger partial charge in [0.25, 0.3) is 5.91 Å². The highest BCUT2D eigenvalue weighted by molar-refractivity contribution is 6.42. The molecule has 33 heavy (non-hydrogen) atoms. The van der Waals surface area contributed by atoms with Crippen LogP contribution in [0.25, 0.3) is 6.08 Å². The molecule has 0 radical (unpaired) electrons. The number of carbonyl (C=O) groups excluding carboxylic acids is 2. The van der Waals surface area contributed by atoms with Crippen LogP contribution in [0.2, 0.25) is 10.0 Å². The molecular weight excluding hydrogens is 461 g/mol. The summed E-state index contributed by atoms with van der Waals surface area (Å²) in [7, 11) is 0. The predicted molar refractivity (Wildman–Crippen MR) is 135 cm³/mol. The topological polar surface area (TPSA) is 61.9 Å². The summed E-state index contributed by atoms with van der Waals surface area (Å²) in [5, 5.41) is 3.72. The van der Waals surface area contributed by atoms with Crippen LogP contribution in [-0.2, 0) is 9.59 Å². The molecule has 1 N–H and O–H groups in total. The molecule has 1 aliphatic rings. The van der Waals surface area contributed by atoms with E-state index in [-0.39, 0.29) is 18.4 Å². The van der Waals surface area contributed by atoms with Gasteiger partial charge in [0, 0.05) is 36.9 Å². The van der Waals surface area contributed by atoms with Gasteiger partial charge < -0.3 is 15.0 Å². The number of anilines is 2. The van der Waals surface area contributed by atoms with Crippen LogP contribution in [0.4, 0.5) is 11.4 Å². The Balaban J connectivity index is 1.73. The number of hydrogen-bond acceptors (Lipinski definition) is 4. The first kappa shape index (κ1) is 25.1. The highest BCUT2D eigenvalue weighted by atomic mass is 35.5. The molecule has 0 saturated heterocycles. The van der Waals surface area contributed by atoms with Crippen molar-refractivity contribution in [3.8, 4) is 5.75 Å². The lowest BCUT2D eigenvalue weighted by Crippen LogP contribution is -2.46. The van der Waals surface area contributed by atoms with E-state index < -0.39 is 0 Å². The van der Waals surface area contributed by atoms with Gasteiger partial charge in [0.15, 0.2) is 6.61 Å². The summed E-state index contributed by atoms with van der Waals surface area (Å²) >= 11 is 11.9. The Bertz CT molecular complexity index is 1050. The fourth-order valence-electron chi connectivity index (χ4n) is 3.83. The summed E-state index contributed by atoms with van der Waals surface area (Å²) in [6.45, 7) is 9.88. The third-order valence-corrected chi connectivity index (χ3v) is 6.19. The van der Waals surface area contributed by atoms with E-state index in [4.69, 9.17) is 27.9 Å². The minimum atomic E-state index is -0.304. The maximum Gasteiger partial charge on any atom is 0.265 e. The van der Waals surface area contributed by atoms with Crippen molar-refractivity contribution in [3.63, 3.8) is 0 Å². The molecule has 6 nitrogen and oxygen atoms in total. The molecule has 0 fully saturated rings. The number of nitrogens with one attached hydrogen (secondary N) is 1. The number of amides is 2. The van der Waals surface area contributed by atoms with Gasteiger partial charge in [0.2, 0.25) is 5.91 Å². The van der Waals surface area contributed by atoms with Gasteiger partial charge in [-0.3, -0.25) is 14.5 Å². The number of nitrogens with zero attached hydrogens (tertiary/aromatic N) is 2. The van der Waals surface area contributed by atoms with Crippen molar-refractivity contribution in [3.05, 3.63) is 58.1 Å². The summed E-state index contributed by atoms with van der Waals surface area (Å²) in [5.41, 5.74) is 1.99. The van der Waals surface area contributed by atoms with Gasteiger partial charge in [-0.2, -0.15) is 0 Å². The first-order chi connectivity index (χ1) is 15.7. The highest BCUT2D eigenvalue weighted by Gasteiger charge is 2.27. The molecule has 2 aromatic rings. The van der Waals surface area contributed by atoms with Crippen molar-refractivity contribution in [2.24, 2.45) is 0 Å². The summed E-state index contributed by atoms with van der Waals surface area (Å²) in [4.78, 5) is 29.1. The summed E-state index contributed by atoms with van der Waals surface area (Å²) < 4.78 is 5.60. The van der Waals surface area contributed by atoms with Crippen LogP contribution in [0, 0.1) is 0 Å².